The van der Waals surface area contributed by atoms with E-state index in [1.807, 2.05) is 18.2 Å². The average molecular weight is 297 g/mol. The molecule has 0 bridgehead atoms. The number of anilines is 2. The molecule has 0 saturated carbocycles. The van der Waals surface area contributed by atoms with E-state index >= 15 is 0 Å². The highest BCUT2D eigenvalue weighted by Crippen LogP contribution is 2.31. The Morgan fingerprint density at radius 3 is 2.59 bits per heavy atom. The molecule has 22 heavy (non-hydrogen) atoms. The molecular formula is C17H19N3O2. The summed E-state index contributed by atoms with van der Waals surface area (Å²) in [6, 6.07) is 9.28. The van der Waals surface area contributed by atoms with E-state index < -0.39 is 0 Å². The Morgan fingerprint density at radius 1 is 1.18 bits per heavy atom. The Balaban J connectivity index is 1.84. The number of nitrogens with one attached hydrogen (secondary N) is 1. The summed E-state index contributed by atoms with van der Waals surface area (Å²) in [6.45, 7) is 2.12. The molecule has 114 valence electrons. The van der Waals surface area contributed by atoms with Gasteiger partial charge in [-0.15, -0.1) is 0 Å². The molecule has 1 saturated heterocycles. The summed E-state index contributed by atoms with van der Waals surface area (Å²) < 4.78 is 5.35. The minimum Gasteiger partial charge on any atom is -0.495 e. The molecule has 1 amide bonds. The van der Waals surface area contributed by atoms with Gasteiger partial charge in [-0.1, -0.05) is 0 Å². The van der Waals surface area contributed by atoms with E-state index in [9.17, 15) is 4.79 Å². The Bertz CT molecular complexity index is 652. The van der Waals surface area contributed by atoms with E-state index in [0.29, 0.717) is 17.0 Å². The lowest BCUT2D eigenvalue weighted by Gasteiger charge is -2.20. The van der Waals surface area contributed by atoms with Gasteiger partial charge in [-0.05, 0) is 43.2 Å². The lowest BCUT2D eigenvalue weighted by molar-refractivity contribution is 0.102. The lowest BCUT2D eigenvalue weighted by atomic mass is 10.2. The van der Waals surface area contributed by atoms with Crippen LogP contribution in [0.2, 0.25) is 0 Å². The van der Waals surface area contributed by atoms with Gasteiger partial charge in [0.25, 0.3) is 5.91 Å². The molecule has 1 aliphatic rings. The van der Waals surface area contributed by atoms with Gasteiger partial charge < -0.3 is 15.0 Å². The lowest BCUT2D eigenvalue weighted by Crippen LogP contribution is -2.18. The van der Waals surface area contributed by atoms with Gasteiger partial charge in [-0.25, -0.2) is 0 Å². The van der Waals surface area contributed by atoms with Crippen LogP contribution in [0, 0.1) is 0 Å². The third-order valence-corrected chi connectivity index (χ3v) is 3.84. The molecule has 0 aliphatic carbocycles. The van der Waals surface area contributed by atoms with Crippen LogP contribution in [-0.2, 0) is 0 Å². The van der Waals surface area contributed by atoms with E-state index in [1.165, 1.54) is 12.8 Å². The van der Waals surface area contributed by atoms with Crippen LogP contribution in [-0.4, -0.2) is 31.1 Å². The van der Waals surface area contributed by atoms with Crippen molar-refractivity contribution in [2.45, 2.75) is 12.8 Å². The molecule has 3 rings (SSSR count). The van der Waals surface area contributed by atoms with Crippen LogP contribution in [0.1, 0.15) is 23.2 Å². The maximum absolute atomic E-state index is 12.3. The number of rotatable bonds is 4. The van der Waals surface area contributed by atoms with Crippen LogP contribution in [0.15, 0.2) is 42.7 Å². The van der Waals surface area contributed by atoms with Crippen LogP contribution in [0.25, 0.3) is 0 Å². The maximum atomic E-state index is 12.3. The van der Waals surface area contributed by atoms with E-state index in [4.69, 9.17) is 4.74 Å². The number of ether oxygens (including phenoxy) is 1. The number of hydrogen-bond donors (Lipinski definition) is 1. The zero-order valence-electron chi connectivity index (χ0n) is 12.6. The predicted molar refractivity (Wildman–Crippen MR) is 86.6 cm³/mol. The van der Waals surface area contributed by atoms with Crippen molar-refractivity contribution in [2.75, 3.05) is 30.4 Å². The molecule has 1 aromatic carbocycles. The number of carbonyl (C=O) groups excluding carboxylic acids is 1. The van der Waals surface area contributed by atoms with E-state index in [1.54, 1.807) is 31.6 Å². The summed E-state index contributed by atoms with van der Waals surface area (Å²) in [7, 11) is 1.60. The molecule has 5 heteroatoms. The predicted octanol–water partition coefficient (Wildman–Crippen LogP) is 2.94. The number of nitrogens with zero attached hydrogens (tertiary/aromatic N) is 2. The summed E-state index contributed by atoms with van der Waals surface area (Å²) in [5, 5.41) is 2.92. The van der Waals surface area contributed by atoms with Gasteiger partial charge in [-0.3, -0.25) is 9.78 Å². The second-order valence-corrected chi connectivity index (χ2v) is 5.27. The number of benzene rings is 1. The minimum absolute atomic E-state index is 0.167. The molecule has 1 aliphatic heterocycles. The van der Waals surface area contributed by atoms with Crippen molar-refractivity contribution in [3.05, 3.63) is 48.3 Å². The molecule has 2 heterocycles. The van der Waals surface area contributed by atoms with Gasteiger partial charge in [0.1, 0.15) is 5.75 Å². The molecule has 1 fully saturated rings. The van der Waals surface area contributed by atoms with Gasteiger partial charge in [0.05, 0.1) is 12.8 Å². The Labute approximate surface area is 129 Å². The standard InChI is InChI=1S/C17H19N3O2/c1-22-16-5-4-14(20-10-2-3-11-20)12-15(16)19-17(21)13-6-8-18-9-7-13/h4-9,12H,2-3,10-11H2,1H3,(H,19,21). The van der Waals surface area contributed by atoms with Crippen molar-refractivity contribution in [2.24, 2.45) is 0 Å². The van der Waals surface area contributed by atoms with Crippen molar-refractivity contribution in [1.82, 2.24) is 4.98 Å². The van der Waals surface area contributed by atoms with Gasteiger partial charge in [0.2, 0.25) is 0 Å². The van der Waals surface area contributed by atoms with E-state index in [-0.39, 0.29) is 5.91 Å². The van der Waals surface area contributed by atoms with Crippen molar-refractivity contribution in [3.8, 4) is 5.75 Å². The van der Waals surface area contributed by atoms with E-state index in [2.05, 4.69) is 15.2 Å². The maximum Gasteiger partial charge on any atom is 0.255 e. The van der Waals surface area contributed by atoms with Crippen molar-refractivity contribution < 1.29 is 9.53 Å². The Morgan fingerprint density at radius 2 is 1.91 bits per heavy atom. The first-order valence-corrected chi connectivity index (χ1v) is 7.42. The van der Waals surface area contributed by atoms with Gasteiger partial charge >= 0.3 is 0 Å². The number of pyridine rings is 1. The average Bonchev–Trinajstić information content (AvgIpc) is 3.10. The number of aromatic nitrogens is 1. The summed E-state index contributed by atoms with van der Waals surface area (Å²) in [5.74, 6) is 0.490. The first-order valence-electron chi connectivity index (χ1n) is 7.42. The van der Waals surface area contributed by atoms with E-state index in [0.717, 1.165) is 18.8 Å². The molecule has 0 radical (unpaired) electrons. The first-order chi connectivity index (χ1) is 10.8. The van der Waals surface area contributed by atoms with Crippen LogP contribution < -0.4 is 15.0 Å². The fraction of sp³-hybridized carbons (Fsp3) is 0.294. The molecule has 2 aromatic rings. The zero-order valence-corrected chi connectivity index (χ0v) is 12.6. The number of carbonyl (C=O) groups is 1. The number of hydrogen-bond acceptors (Lipinski definition) is 4. The number of methoxy groups -OCH3 is 1. The summed E-state index contributed by atoms with van der Waals surface area (Å²) in [5.41, 5.74) is 2.38. The van der Waals surface area contributed by atoms with Gasteiger partial charge in [-0.2, -0.15) is 0 Å². The highest BCUT2D eigenvalue weighted by molar-refractivity contribution is 6.05. The summed E-state index contributed by atoms with van der Waals surface area (Å²) in [4.78, 5) is 18.6. The highest BCUT2D eigenvalue weighted by Gasteiger charge is 2.16. The fourth-order valence-corrected chi connectivity index (χ4v) is 2.66. The second kappa shape index (κ2) is 6.47. The van der Waals surface area contributed by atoms with Crippen molar-refractivity contribution in [3.63, 3.8) is 0 Å². The quantitative estimate of drug-likeness (QED) is 0.942. The van der Waals surface area contributed by atoms with Gasteiger partial charge in [0, 0.05) is 36.7 Å². The SMILES string of the molecule is COc1ccc(N2CCCC2)cc1NC(=O)c1ccncc1. The smallest absolute Gasteiger partial charge is 0.255 e. The fourth-order valence-electron chi connectivity index (χ4n) is 2.66. The second-order valence-electron chi connectivity index (χ2n) is 5.27. The monoisotopic (exact) mass is 297 g/mol. The largest absolute Gasteiger partial charge is 0.495 e. The van der Waals surface area contributed by atoms with Crippen LogP contribution in [0.3, 0.4) is 0 Å². The highest BCUT2D eigenvalue weighted by atomic mass is 16.5. The minimum atomic E-state index is -0.167. The van der Waals surface area contributed by atoms with Crippen LogP contribution in [0.5, 0.6) is 5.75 Å². The van der Waals surface area contributed by atoms with Crippen molar-refractivity contribution in [1.29, 1.82) is 0 Å². The topological polar surface area (TPSA) is 54.5 Å². The Kier molecular flexibility index (Phi) is 4.23. The van der Waals surface area contributed by atoms with Crippen molar-refractivity contribution >= 4 is 17.3 Å². The molecule has 0 spiro atoms. The number of amides is 1. The summed E-state index contributed by atoms with van der Waals surface area (Å²) >= 11 is 0. The van der Waals surface area contributed by atoms with Gasteiger partial charge in [0.15, 0.2) is 0 Å². The first kappa shape index (κ1) is 14.4. The zero-order chi connectivity index (χ0) is 15.4. The van der Waals surface area contributed by atoms with Crippen LogP contribution in [0.4, 0.5) is 11.4 Å². The third kappa shape index (κ3) is 3.03. The molecule has 0 unspecified atom stereocenters. The molecule has 1 N–H and O–H groups in total. The molecule has 5 nitrogen and oxygen atoms in total. The normalized spacial score (nSPS) is 14.0. The Hall–Kier alpha value is -2.56. The molecule has 0 atom stereocenters. The van der Waals surface area contributed by atoms with Crippen LogP contribution >= 0.6 is 0 Å². The third-order valence-electron chi connectivity index (χ3n) is 3.84. The molecule has 1 aromatic heterocycles. The molecular weight excluding hydrogens is 278 g/mol. The summed E-state index contributed by atoms with van der Waals surface area (Å²) in [6.07, 6.45) is 5.63.